The summed E-state index contributed by atoms with van der Waals surface area (Å²) in [6.07, 6.45) is 3.36. The molecule has 0 spiro atoms. The van der Waals surface area contributed by atoms with Gasteiger partial charge < -0.3 is 5.11 Å². The van der Waals surface area contributed by atoms with Gasteiger partial charge in [-0.2, -0.15) is 5.10 Å². The Hall–Kier alpha value is -2.45. The molecular weight excluding hydrogens is 382 g/mol. The minimum atomic E-state index is -2.59. The average Bonchev–Trinajstić information content (AvgIpc) is 3.21. The molecule has 1 atom stereocenters. The number of thiophene rings is 1. The second-order valence-corrected chi connectivity index (χ2v) is 8.55. The molecule has 5 nitrogen and oxygen atoms in total. The zero-order valence-electron chi connectivity index (χ0n) is 15.1. The fraction of sp³-hybridized carbons (Fsp3) is 0.350. The fourth-order valence-corrected chi connectivity index (χ4v) is 5.13. The number of halogens is 2. The van der Waals surface area contributed by atoms with Crippen molar-refractivity contribution >= 4 is 32.6 Å². The van der Waals surface area contributed by atoms with E-state index in [1.165, 1.54) is 11.3 Å². The van der Waals surface area contributed by atoms with E-state index in [1.807, 2.05) is 37.5 Å². The molecule has 5 rings (SSSR count). The van der Waals surface area contributed by atoms with Gasteiger partial charge >= 0.3 is 0 Å². The van der Waals surface area contributed by atoms with Gasteiger partial charge in [-0.15, -0.1) is 11.3 Å². The number of rotatable bonds is 4. The summed E-state index contributed by atoms with van der Waals surface area (Å²) < 4.78 is 28.2. The molecule has 1 aliphatic carbocycles. The highest BCUT2D eigenvalue weighted by molar-refractivity contribution is 7.18. The molecule has 1 N–H and O–H groups in total. The highest BCUT2D eigenvalue weighted by atomic mass is 32.1. The van der Waals surface area contributed by atoms with E-state index in [0.29, 0.717) is 5.65 Å². The number of aliphatic hydroxyl groups is 1. The highest BCUT2D eigenvalue weighted by Gasteiger charge is 2.48. The van der Waals surface area contributed by atoms with Gasteiger partial charge in [0.05, 0.1) is 12.3 Å². The van der Waals surface area contributed by atoms with Crippen molar-refractivity contribution in [2.24, 2.45) is 13.0 Å². The van der Waals surface area contributed by atoms with Gasteiger partial charge in [0.25, 0.3) is 0 Å². The first-order chi connectivity index (χ1) is 13.4. The lowest BCUT2D eigenvalue weighted by Crippen LogP contribution is -2.39. The van der Waals surface area contributed by atoms with Crippen molar-refractivity contribution in [3.63, 3.8) is 0 Å². The first-order valence-corrected chi connectivity index (χ1v) is 9.92. The molecule has 0 unspecified atom stereocenters. The van der Waals surface area contributed by atoms with Crippen LogP contribution in [-0.4, -0.2) is 37.4 Å². The van der Waals surface area contributed by atoms with Gasteiger partial charge in [0.15, 0.2) is 5.65 Å². The van der Waals surface area contributed by atoms with E-state index in [2.05, 4.69) is 10.1 Å². The van der Waals surface area contributed by atoms with E-state index in [-0.39, 0.29) is 31.3 Å². The minimum Gasteiger partial charge on any atom is -0.396 e. The third-order valence-corrected chi connectivity index (χ3v) is 6.60. The zero-order valence-corrected chi connectivity index (χ0v) is 16.0. The predicted octanol–water partition coefficient (Wildman–Crippen LogP) is 4.37. The van der Waals surface area contributed by atoms with Crippen molar-refractivity contribution < 1.29 is 13.9 Å². The van der Waals surface area contributed by atoms with Gasteiger partial charge in [-0.25, -0.2) is 18.7 Å². The summed E-state index contributed by atoms with van der Waals surface area (Å²) in [6.45, 7) is -0.123. The maximum absolute atomic E-state index is 13.3. The molecule has 1 fully saturated rings. The minimum absolute atomic E-state index is 0.123. The molecule has 8 heteroatoms. The molecule has 1 saturated carbocycles. The smallest absolute Gasteiger partial charge is 0.248 e. The fourth-order valence-electron chi connectivity index (χ4n) is 3.92. The molecule has 0 bridgehead atoms. The molecule has 144 valence electrons. The lowest BCUT2D eigenvalue weighted by Gasteiger charge is -2.39. The third kappa shape index (κ3) is 2.97. The largest absolute Gasteiger partial charge is 0.396 e. The van der Waals surface area contributed by atoms with Gasteiger partial charge in [0, 0.05) is 59.4 Å². The Labute approximate surface area is 163 Å². The van der Waals surface area contributed by atoms with Crippen LogP contribution in [0.2, 0.25) is 0 Å². The van der Waals surface area contributed by atoms with Crippen LogP contribution in [0.25, 0.3) is 32.5 Å². The van der Waals surface area contributed by atoms with Crippen LogP contribution in [0.15, 0.2) is 36.7 Å². The lowest BCUT2D eigenvalue weighted by atomic mass is 9.73. The van der Waals surface area contributed by atoms with Gasteiger partial charge in [-0.1, -0.05) is 0 Å². The number of alkyl halides is 2. The van der Waals surface area contributed by atoms with Gasteiger partial charge in [0.1, 0.15) is 4.83 Å². The summed E-state index contributed by atoms with van der Waals surface area (Å²) in [6, 6.07) is 7.89. The Morgan fingerprint density at radius 2 is 2.11 bits per heavy atom. The Morgan fingerprint density at radius 3 is 2.86 bits per heavy atom. The van der Waals surface area contributed by atoms with E-state index < -0.39 is 5.92 Å². The quantitative estimate of drug-likeness (QED) is 0.553. The Morgan fingerprint density at radius 1 is 1.29 bits per heavy atom. The van der Waals surface area contributed by atoms with Crippen molar-refractivity contribution in [2.75, 3.05) is 6.61 Å². The third-order valence-electron chi connectivity index (χ3n) is 5.42. The first-order valence-electron chi connectivity index (χ1n) is 9.11. The van der Waals surface area contributed by atoms with Gasteiger partial charge in [-0.3, -0.25) is 4.68 Å². The number of aryl methyl sites for hydroxylation is 1. The molecule has 1 aliphatic rings. The van der Waals surface area contributed by atoms with Gasteiger partial charge in [-0.05, 0) is 30.2 Å². The second-order valence-electron chi connectivity index (χ2n) is 7.49. The summed E-state index contributed by atoms with van der Waals surface area (Å²) in [5, 5.41) is 16.0. The molecule has 4 aromatic heterocycles. The number of fused-ring (bicyclic) bond motifs is 2. The van der Waals surface area contributed by atoms with Crippen molar-refractivity contribution in [1.29, 1.82) is 0 Å². The van der Waals surface area contributed by atoms with E-state index >= 15 is 0 Å². The summed E-state index contributed by atoms with van der Waals surface area (Å²) in [5.41, 5.74) is 2.39. The number of hydrogen-bond donors (Lipinski definition) is 1. The van der Waals surface area contributed by atoms with Crippen LogP contribution in [0.1, 0.15) is 23.6 Å². The number of aromatic nitrogens is 4. The summed E-state index contributed by atoms with van der Waals surface area (Å²) in [4.78, 5) is 10.9. The Bertz CT molecular complexity index is 1180. The SMILES string of the molecule is Cn1cc2cc(-c3ccc4cc([C@@H](CO)C5CC(F)(F)C5)sc4n3)cnc2n1. The highest BCUT2D eigenvalue weighted by Crippen LogP contribution is 2.50. The first kappa shape index (κ1) is 17.6. The van der Waals surface area contributed by atoms with E-state index in [9.17, 15) is 13.9 Å². The maximum Gasteiger partial charge on any atom is 0.248 e. The van der Waals surface area contributed by atoms with E-state index in [1.54, 1.807) is 10.9 Å². The lowest BCUT2D eigenvalue weighted by molar-refractivity contribution is -0.120. The zero-order chi connectivity index (χ0) is 19.5. The molecule has 4 heterocycles. The van der Waals surface area contributed by atoms with E-state index in [0.717, 1.165) is 31.7 Å². The van der Waals surface area contributed by atoms with Crippen LogP contribution >= 0.6 is 11.3 Å². The van der Waals surface area contributed by atoms with Crippen LogP contribution in [-0.2, 0) is 7.05 Å². The summed E-state index contributed by atoms with van der Waals surface area (Å²) in [7, 11) is 1.86. The molecular formula is C20H18F2N4OS. The monoisotopic (exact) mass is 400 g/mol. The average molecular weight is 400 g/mol. The van der Waals surface area contributed by atoms with Crippen molar-refractivity contribution in [3.8, 4) is 11.3 Å². The molecule has 28 heavy (non-hydrogen) atoms. The molecule has 0 saturated heterocycles. The van der Waals surface area contributed by atoms with E-state index in [4.69, 9.17) is 4.98 Å². The Balaban J connectivity index is 1.49. The van der Waals surface area contributed by atoms with Gasteiger partial charge in [0.2, 0.25) is 5.92 Å². The molecule has 4 aromatic rings. The van der Waals surface area contributed by atoms with Crippen LogP contribution in [0.5, 0.6) is 0 Å². The van der Waals surface area contributed by atoms with Crippen LogP contribution in [0.4, 0.5) is 8.78 Å². The number of nitrogens with zero attached hydrogens (tertiary/aromatic N) is 4. The molecule has 0 aliphatic heterocycles. The number of pyridine rings is 2. The van der Waals surface area contributed by atoms with Crippen molar-refractivity contribution in [1.82, 2.24) is 19.7 Å². The maximum atomic E-state index is 13.3. The summed E-state index contributed by atoms with van der Waals surface area (Å²) in [5.74, 6) is -3.02. The second kappa shape index (κ2) is 6.28. The standard InChI is InChI=1S/C20H18F2N4OS/c1-26-9-13-4-12(8-23-18(13)25-26)16-3-2-11-5-17(28-19(11)24-16)15(10-27)14-6-20(21,22)7-14/h2-5,8-9,14-15,27H,6-7,10H2,1H3/t15-/m0/s1. The molecule has 0 radical (unpaired) electrons. The molecule has 0 aromatic carbocycles. The Kier molecular flexibility index (Phi) is 3.96. The normalized spacial score (nSPS) is 17.9. The van der Waals surface area contributed by atoms with Crippen molar-refractivity contribution in [2.45, 2.75) is 24.7 Å². The summed E-state index contributed by atoms with van der Waals surface area (Å²) >= 11 is 1.47. The van der Waals surface area contributed by atoms with Crippen LogP contribution in [0, 0.1) is 5.92 Å². The van der Waals surface area contributed by atoms with Crippen LogP contribution in [0.3, 0.4) is 0 Å². The van der Waals surface area contributed by atoms with Crippen molar-refractivity contribution in [3.05, 3.63) is 41.5 Å². The number of aliphatic hydroxyl groups excluding tert-OH is 1. The predicted molar refractivity (Wildman–Crippen MR) is 105 cm³/mol. The topological polar surface area (TPSA) is 63.8 Å². The number of hydrogen-bond acceptors (Lipinski definition) is 5. The van der Waals surface area contributed by atoms with Crippen LogP contribution < -0.4 is 0 Å². The molecule has 0 amide bonds.